The van der Waals surface area contributed by atoms with Gasteiger partial charge in [0.1, 0.15) is 5.75 Å². The third kappa shape index (κ3) is 5.02. The van der Waals surface area contributed by atoms with Crippen LogP contribution in [0.4, 0.5) is 5.69 Å². The minimum Gasteiger partial charge on any atom is -0.494 e. The summed E-state index contributed by atoms with van der Waals surface area (Å²) in [5.41, 5.74) is 1.93. The lowest BCUT2D eigenvalue weighted by Crippen LogP contribution is -2.41. The van der Waals surface area contributed by atoms with Crippen LogP contribution in [0.5, 0.6) is 5.75 Å². The number of anilines is 1. The van der Waals surface area contributed by atoms with Gasteiger partial charge in [0.15, 0.2) is 0 Å². The van der Waals surface area contributed by atoms with Crippen molar-refractivity contribution in [3.63, 3.8) is 0 Å². The van der Waals surface area contributed by atoms with Crippen molar-refractivity contribution in [3.05, 3.63) is 54.1 Å². The third-order valence-electron chi connectivity index (χ3n) is 5.44. The maximum Gasteiger partial charge on any atom is 0.243 e. The standard InChI is InChI=1S/C23H30N2O4S/c1-4-29-19-9-11-20(12-10-19)30(27,28)25-15-13-18(14-16-25)23(26)24-22-8-6-5-7-21(22)17(2)3/h5-12,17-18H,4,13-16H2,1-3H3,(H,24,26). The number of hydrogen-bond acceptors (Lipinski definition) is 4. The summed E-state index contributed by atoms with van der Waals surface area (Å²) in [4.78, 5) is 13.0. The maximum absolute atomic E-state index is 12.9. The lowest BCUT2D eigenvalue weighted by Gasteiger charge is -2.30. The molecule has 0 saturated carbocycles. The molecule has 0 radical (unpaired) electrons. The van der Waals surface area contributed by atoms with Gasteiger partial charge < -0.3 is 10.1 Å². The molecule has 30 heavy (non-hydrogen) atoms. The number of amides is 1. The van der Waals surface area contributed by atoms with Crippen LogP contribution in [-0.4, -0.2) is 38.3 Å². The molecule has 1 fully saturated rings. The number of sulfonamides is 1. The minimum absolute atomic E-state index is 0.0405. The number of hydrogen-bond donors (Lipinski definition) is 1. The summed E-state index contributed by atoms with van der Waals surface area (Å²) in [5.74, 6) is 0.717. The molecule has 1 aliphatic heterocycles. The number of nitrogens with zero attached hydrogens (tertiary/aromatic N) is 1. The zero-order valence-corrected chi connectivity index (χ0v) is 18.6. The molecule has 1 N–H and O–H groups in total. The Labute approximate surface area is 179 Å². The fourth-order valence-electron chi connectivity index (χ4n) is 3.73. The van der Waals surface area contributed by atoms with Crippen LogP contribution in [0.15, 0.2) is 53.4 Å². The summed E-state index contributed by atoms with van der Waals surface area (Å²) >= 11 is 0. The molecule has 1 heterocycles. The number of piperidine rings is 1. The Bertz CT molecular complexity index is 963. The van der Waals surface area contributed by atoms with Gasteiger partial charge in [0.25, 0.3) is 0 Å². The van der Waals surface area contributed by atoms with Gasteiger partial charge in [0.05, 0.1) is 11.5 Å². The van der Waals surface area contributed by atoms with Crippen molar-refractivity contribution in [2.45, 2.75) is 44.4 Å². The molecule has 0 atom stereocenters. The van der Waals surface area contributed by atoms with Gasteiger partial charge in [-0.15, -0.1) is 0 Å². The van der Waals surface area contributed by atoms with E-state index >= 15 is 0 Å². The van der Waals surface area contributed by atoms with E-state index in [4.69, 9.17) is 4.74 Å². The van der Waals surface area contributed by atoms with E-state index in [1.165, 1.54) is 4.31 Å². The quantitative estimate of drug-likeness (QED) is 0.713. The summed E-state index contributed by atoms with van der Waals surface area (Å²) in [6.45, 7) is 7.26. The third-order valence-corrected chi connectivity index (χ3v) is 7.35. The normalized spacial score (nSPS) is 15.9. The molecule has 0 aromatic heterocycles. The highest BCUT2D eigenvalue weighted by atomic mass is 32.2. The average Bonchev–Trinajstić information content (AvgIpc) is 2.74. The SMILES string of the molecule is CCOc1ccc(S(=O)(=O)N2CCC(C(=O)Nc3ccccc3C(C)C)CC2)cc1. The first-order valence-electron chi connectivity index (χ1n) is 10.5. The number of carbonyl (C=O) groups excluding carboxylic acids is 1. The Morgan fingerprint density at radius 3 is 2.33 bits per heavy atom. The van der Waals surface area contributed by atoms with Crippen molar-refractivity contribution in [1.29, 1.82) is 0 Å². The molecule has 2 aromatic rings. The Morgan fingerprint density at radius 1 is 1.10 bits per heavy atom. The van der Waals surface area contributed by atoms with E-state index in [0.717, 1.165) is 11.3 Å². The summed E-state index contributed by atoms with van der Waals surface area (Å²) < 4.78 is 32.7. The lowest BCUT2D eigenvalue weighted by atomic mass is 9.96. The molecule has 0 aliphatic carbocycles. The molecule has 2 aromatic carbocycles. The fourth-order valence-corrected chi connectivity index (χ4v) is 5.20. The second-order valence-corrected chi connectivity index (χ2v) is 9.75. The molecule has 162 valence electrons. The molecule has 0 bridgehead atoms. The number of benzene rings is 2. The van der Waals surface area contributed by atoms with E-state index < -0.39 is 10.0 Å². The molecule has 0 spiro atoms. The van der Waals surface area contributed by atoms with Crippen LogP contribution in [0, 0.1) is 5.92 Å². The van der Waals surface area contributed by atoms with Crippen LogP contribution >= 0.6 is 0 Å². The molecule has 3 rings (SSSR count). The van der Waals surface area contributed by atoms with Crippen LogP contribution < -0.4 is 10.1 Å². The topological polar surface area (TPSA) is 75.7 Å². The largest absolute Gasteiger partial charge is 0.494 e. The Kier molecular flexibility index (Phi) is 7.15. The predicted octanol–water partition coefficient (Wildman–Crippen LogP) is 4.25. The Balaban J connectivity index is 1.62. The van der Waals surface area contributed by atoms with Gasteiger partial charge in [-0.1, -0.05) is 32.0 Å². The highest BCUT2D eigenvalue weighted by Gasteiger charge is 2.32. The molecule has 1 amide bonds. The van der Waals surface area contributed by atoms with Crippen molar-refractivity contribution in [2.24, 2.45) is 5.92 Å². The second kappa shape index (κ2) is 9.62. The minimum atomic E-state index is -3.57. The van der Waals surface area contributed by atoms with Gasteiger partial charge in [-0.3, -0.25) is 4.79 Å². The fraction of sp³-hybridized carbons (Fsp3) is 0.435. The molecular formula is C23H30N2O4S. The van der Waals surface area contributed by atoms with E-state index in [1.54, 1.807) is 24.3 Å². The van der Waals surface area contributed by atoms with Crippen LogP contribution in [0.2, 0.25) is 0 Å². The van der Waals surface area contributed by atoms with Gasteiger partial charge in [-0.05, 0) is 61.6 Å². The number of ether oxygens (including phenoxy) is 1. The number of nitrogens with one attached hydrogen (secondary N) is 1. The van der Waals surface area contributed by atoms with Crippen molar-refractivity contribution >= 4 is 21.6 Å². The first-order chi connectivity index (χ1) is 14.3. The van der Waals surface area contributed by atoms with E-state index in [-0.39, 0.29) is 16.7 Å². The smallest absolute Gasteiger partial charge is 0.243 e. The Hall–Kier alpha value is -2.38. The van der Waals surface area contributed by atoms with E-state index in [0.29, 0.717) is 44.2 Å². The molecule has 7 heteroatoms. The maximum atomic E-state index is 12.9. The highest BCUT2D eigenvalue weighted by molar-refractivity contribution is 7.89. The zero-order valence-electron chi connectivity index (χ0n) is 17.8. The highest BCUT2D eigenvalue weighted by Crippen LogP contribution is 2.28. The molecule has 1 saturated heterocycles. The average molecular weight is 431 g/mol. The molecular weight excluding hydrogens is 400 g/mol. The predicted molar refractivity (Wildman–Crippen MR) is 118 cm³/mol. The van der Waals surface area contributed by atoms with E-state index in [2.05, 4.69) is 19.2 Å². The first-order valence-corrected chi connectivity index (χ1v) is 11.9. The molecule has 6 nitrogen and oxygen atoms in total. The summed E-state index contributed by atoms with van der Waals surface area (Å²) in [6, 6.07) is 14.3. The summed E-state index contributed by atoms with van der Waals surface area (Å²) in [7, 11) is -3.57. The lowest BCUT2D eigenvalue weighted by molar-refractivity contribution is -0.120. The van der Waals surface area contributed by atoms with Crippen molar-refractivity contribution in [3.8, 4) is 5.75 Å². The van der Waals surface area contributed by atoms with E-state index in [9.17, 15) is 13.2 Å². The monoisotopic (exact) mass is 430 g/mol. The van der Waals surface area contributed by atoms with Crippen molar-refractivity contribution in [1.82, 2.24) is 4.31 Å². The van der Waals surface area contributed by atoms with Gasteiger partial charge in [-0.25, -0.2) is 8.42 Å². The molecule has 0 unspecified atom stereocenters. The zero-order chi connectivity index (χ0) is 21.7. The first kappa shape index (κ1) is 22.3. The van der Waals surface area contributed by atoms with Crippen LogP contribution in [0.3, 0.4) is 0 Å². The van der Waals surface area contributed by atoms with Crippen LogP contribution in [0.25, 0.3) is 0 Å². The van der Waals surface area contributed by atoms with Crippen molar-refractivity contribution in [2.75, 3.05) is 25.0 Å². The summed E-state index contributed by atoms with van der Waals surface area (Å²) in [6.07, 6.45) is 1.01. The van der Waals surface area contributed by atoms with E-state index in [1.807, 2.05) is 31.2 Å². The Morgan fingerprint density at radius 2 is 1.73 bits per heavy atom. The van der Waals surface area contributed by atoms with Crippen LogP contribution in [-0.2, 0) is 14.8 Å². The number of carbonyl (C=O) groups is 1. The molecule has 1 aliphatic rings. The van der Waals surface area contributed by atoms with Gasteiger partial charge in [0.2, 0.25) is 15.9 Å². The number of rotatable bonds is 7. The van der Waals surface area contributed by atoms with Gasteiger partial charge in [0, 0.05) is 24.7 Å². The van der Waals surface area contributed by atoms with Crippen LogP contribution in [0.1, 0.15) is 45.1 Å². The van der Waals surface area contributed by atoms with Gasteiger partial charge >= 0.3 is 0 Å². The number of para-hydroxylation sites is 1. The van der Waals surface area contributed by atoms with Crippen molar-refractivity contribution < 1.29 is 17.9 Å². The summed E-state index contributed by atoms with van der Waals surface area (Å²) in [5, 5.41) is 3.04. The van der Waals surface area contributed by atoms with Gasteiger partial charge in [-0.2, -0.15) is 4.31 Å². The second-order valence-electron chi connectivity index (χ2n) is 7.81.